The SMILES string of the molecule is Cc1c(Cl)cccc1NC1CC(OCC(C)C)C1(C)C. The predicted molar refractivity (Wildman–Crippen MR) is 86.6 cm³/mol. The summed E-state index contributed by atoms with van der Waals surface area (Å²) in [5, 5.41) is 4.45. The molecule has 3 heteroatoms. The summed E-state index contributed by atoms with van der Waals surface area (Å²) in [5.74, 6) is 0.591. The quantitative estimate of drug-likeness (QED) is 0.834. The van der Waals surface area contributed by atoms with Gasteiger partial charge in [-0.15, -0.1) is 0 Å². The van der Waals surface area contributed by atoms with Crippen molar-refractivity contribution in [2.24, 2.45) is 11.3 Å². The minimum atomic E-state index is 0.156. The minimum Gasteiger partial charge on any atom is -0.381 e. The average molecular weight is 296 g/mol. The van der Waals surface area contributed by atoms with Gasteiger partial charge in [0.2, 0.25) is 0 Å². The lowest BCUT2D eigenvalue weighted by molar-refractivity contribution is -0.108. The highest BCUT2D eigenvalue weighted by Gasteiger charge is 2.49. The summed E-state index contributed by atoms with van der Waals surface area (Å²) in [6.45, 7) is 11.8. The normalized spacial score (nSPS) is 24.6. The zero-order valence-electron chi connectivity index (χ0n) is 13.2. The molecule has 0 aliphatic heterocycles. The fraction of sp³-hybridized carbons (Fsp3) is 0.647. The number of anilines is 1. The topological polar surface area (TPSA) is 21.3 Å². The number of nitrogens with one attached hydrogen (secondary N) is 1. The molecule has 2 unspecified atom stereocenters. The number of benzene rings is 1. The van der Waals surface area contributed by atoms with Gasteiger partial charge in [-0.3, -0.25) is 0 Å². The molecule has 0 saturated heterocycles. The highest BCUT2D eigenvalue weighted by molar-refractivity contribution is 6.31. The van der Waals surface area contributed by atoms with Gasteiger partial charge in [0.25, 0.3) is 0 Å². The van der Waals surface area contributed by atoms with Crippen molar-refractivity contribution in [3.8, 4) is 0 Å². The van der Waals surface area contributed by atoms with Crippen molar-refractivity contribution in [1.29, 1.82) is 0 Å². The van der Waals surface area contributed by atoms with Gasteiger partial charge >= 0.3 is 0 Å². The Morgan fingerprint density at radius 1 is 1.40 bits per heavy atom. The Kier molecular flexibility index (Phi) is 4.66. The molecule has 1 saturated carbocycles. The summed E-state index contributed by atoms with van der Waals surface area (Å²) in [4.78, 5) is 0. The number of halogens is 1. The number of rotatable bonds is 5. The Morgan fingerprint density at radius 3 is 2.70 bits per heavy atom. The number of hydrogen-bond donors (Lipinski definition) is 1. The lowest BCUT2D eigenvalue weighted by Gasteiger charge is -2.52. The molecule has 20 heavy (non-hydrogen) atoms. The van der Waals surface area contributed by atoms with E-state index in [-0.39, 0.29) is 5.41 Å². The smallest absolute Gasteiger partial charge is 0.0665 e. The van der Waals surface area contributed by atoms with Crippen LogP contribution in [-0.4, -0.2) is 18.8 Å². The number of hydrogen-bond acceptors (Lipinski definition) is 2. The molecule has 1 aliphatic carbocycles. The molecule has 0 aromatic heterocycles. The Bertz CT molecular complexity index is 470. The number of ether oxygens (including phenoxy) is 1. The zero-order valence-corrected chi connectivity index (χ0v) is 13.9. The first kappa shape index (κ1) is 15.7. The second-order valence-corrected chi connectivity index (χ2v) is 7.29. The molecular formula is C17H26ClNO. The molecule has 112 valence electrons. The molecule has 1 aliphatic rings. The third-order valence-corrected chi connectivity index (χ3v) is 4.82. The Balaban J connectivity index is 1.97. The average Bonchev–Trinajstić information content (AvgIpc) is 2.37. The molecule has 2 rings (SSSR count). The van der Waals surface area contributed by atoms with E-state index < -0.39 is 0 Å². The van der Waals surface area contributed by atoms with E-state index in [0.29, 0.717) is 18.1 Å². The second-order valence-electron chi connectivity index (χ2n) is 6.88. The van der Waals surface area contributed by atoms with Crippen LogP contribution in [-0.2, 0) is 4.74 Å². The van der Waals surface area contributed by atoms with Crippen molar-refractivity contribution in [1.82, 2.24) is 0 Å². The van der Waals surface area contributed by atoms with Crippen LogP contribution in [0.5, 0.6) is 0 Å². The summed E-state index contributed by atoms with van der Waals surface area (Å²) < 4.78 is 6.01. The monoisotopic (exact) mass is 295 g/mol. The van der Waals surface area contributed by atoms with Gasteiger partial charge in [0.15, 0.2) is 0 Å². The molecule has 0 spiro atoms. The third kappa shape index (κ3) is 3.12. The molecule has 1 fully saturated rings. The Hall–Kier alpha value is -0.730. The fourth-order valence-corrected chi connectivity index (χ4v) is 2.85. The van der Waals surface area contributed by atoms with E-state index in [0.717, 1.165) is 29.3 Å². The van der Waals surface area contributed by atoms with E-state index in [9.17, 15) is 0 Å². The largest absolute Gasteiger partial charge is 0.381 e. The maximum absolute atomic E-state index is 6.18. The zero-order chi connectivity index (χ0) is 14.9. The first-order chi connectivity index (χ1) is 9.32. The van der Waals surface area contributed by atoms with Crippen LogP contribution >= 0.6 is 11.6 Å². The summed E-state index contributed by atoms with van der Waals surface area (Å²) in [6, 6.07) is 6.47. The molecule has 2 nitrogen and oxygen atoms in total. The van der Waals surface area contributed by atoms with Gasteiger partial charge in [-0.2, -0.15) is 0 Å². The fourth-order valence-electron chi connectivity index (χ4n) is 2.67. The lowest BCUT2D eigenvalue weighted by atomic mass is 9.64. The first-order valence-electron chi connectivity index (χ1n) is 7.45. The van der Waals surface area contributed by atoms with Crippen LogP contribution in [0.2, 0.25) is 5.02 Å². The van der Waals surface area contributed by atoms with Gasteiger partial charge in [0.05, 0.1) is 6.10 Å². The molecule has 1 N–H and O–H groups in total. The molecule has 0 heterocycles. The second kappa shape index (κ2) is 5.95. The van der Waals surface area contributed by atoms with Crippen molar-refractivity contribution in [2.45, 2.75) is 53.2 Å². The van der Waals surface area contributed by atoms with Gasteiger partial charge in [-0.05, 0) is 37.0 Å². The van der Waals surface area contributed by atoms with E-state index in [1.54, 1.807) is 0 Å². The van der Waals surface area contributed by atoms with Crippen molar-refractivity contribution >= 4 is 17.3 Å². The van der Waals surface area contributed by atoms with Gasteiger partial charge in [0, 0.05) is 28.8 Å². The molecule has 0 bridgehead atoms. The maximum atomic E-state index is 6.18. The van der Waals surface area contributed by atoms with E-state index in [1.807, 2.05) is 12.1 Å². The molecule has 2 atom stereocenters. The Labute approximate surface area is 127 Å². The summed E-state index contributed by atoms with van der Waals surface area (Å²) >= 11 is 6.18. The lowest BCUT2D eigenvalue weighted by Crippen LogP contribution is -2.58. The van der Waals surface area contributed by atoms with Crippen LogP contribution in [0, 0.1) is 18.3 Å². The van der Waals surface area contributed by atoms with Crippen molar-refractivity contribution in [3.63, 3.8) is 0 Å². The summed E-state index contributed by atoms with van der Waals surface area (Å²) in [5.41, 5.74) is 2.42. The van der Waals surface area contributed by atoms with Crippen LogP contribution in [0.1, 0.15) is 39.7 Å². The summed E-state index contributed by atoms with van der Waals surface area (Å²) in [7, 11) is 0. The molecule has 1 aromatic carbocycles. The molecule has 0 radical (unpaired) electrons. The van der Waals surface area contributed by atoms with Gasteiger partial charge < -0.3 is 10.1 Å². The minimum absolute atomic E-state index is 0.156. The predicted octanol–water partition coefficient (Wildman–Crippen LogP) is 4.90. The highest BCUT2D eigenvalue weighted by atomic mass is 35.5. The van der Waals surface area contributed by atoms with Crippen LogP contribution in [0.25, 0.3) is 0 Å². The van der Waals surface area contributed by atoms with Crippen molar-refractivity contribution in [3.05, 3.63) is 28.8 Å². The van der Waals surface area contributed by atoms with Crippen molar-refractivity contribution in [2.75, 3.05) is 11.9 Å². The van der Waals surface area contributed by atoms with Crippen LogP contribution in [0.15, 0.2) is 18.2 Å². The van der Waals surface area contributed by atoms with E-state index in [4.69, 9.17) is 16.3 Å². The van der Waals surface area contributed by atoms with Crippen molar-refractivity contribution < 1.29 is 4.74 Å². The van der Waals surface area contributed by atoms with E-state index >= 15 is 0 Å². The van der Waals surface area contributed by atoms with Crippen LogP contribution < -0.4 is 5.32 Å². The first-order valence-corrected chi connectivity index (χ1v) is 7.83. The van der Waals surface area contributed by atoms with Crippen LogP contribution in [0.3, 0.4) is 0 Å². The summed E-state index contributed by atoms with van der Waals surface area (Å²) in [6.07, 6.45) is 1.41. The molecular weight excluding hydrogens is 270 g/mol. The van der Waals surface area contributed by atoms with Gasteiger partial charge in [0.1, 0.15) is 0 Å². The molecule has 0 amide bonds. The van der Waals surface area contributed by atoms with Gasteiger partial charge in [-0.1, -0.05) is 45.4 Å². The standard InChI is InChI=1S/C17H26ClNO/c1-11(2)10-20-16-9-15(17(16,4)5)19-14-8-6-7-13(18)12(14)3/h6-8,11,15-16,19H,9-10H2,1-5H3. The Morgan fingerprint density at radius 2 is 2.10 bits per heavy atom. The third-order valence-electron chi connectivity index (χ3n) is 4.41. The highest BCUT2D eigenvalue weighted by Crippen LogP contribution is 2.45. The van der Waals surface area contributed by atoms with E-state index in [1.165, 1.54) is 0 Å². The molecule has 1 aromatic rings. The van der Waals surface area contributed by atoms with Gasteiger partial charge in [-0.25, -0.2) is 0 Å². The maximum Gasteiger partial charge on any atom is 0.0665 e. The van der Waals surface area contributed by atoms with E-state index in [2.05, 4.69) is 46.0 Å². The van der Waals surface area contributed by atoms with Crippen LogP contribution in [0.4, 0.5) is 5.69 Å².